The highest BCUT2D eigenvalue weighted by atomic mass is 19.1. The Morgan fingerprint density at radius 1 is 1.42 bits per heavy atom. The molecule has 1 saturated heterocycles. The van der Waals surface area contributed by atoms with Crippen molar-refractivity contribution < 1.29 is 14.1 Å². The maximum absolute atomic E-state index is 14.0. The molecule has 0 bridgehead atoms. The number of nitro benzene ring substituents is 1. The van der Waals surface area contributed by atoms with E-state index >= 15 is 0 Å². The molecular formula is C12H14FN3O3. The monoisotopic (exact) mass is 267 g/mol. The minimum Gasteiger partial charge on any atom is -0.336 e. The van der Waals surface area contributed by atoms with Gasteiger partial charge in [0, 0.05) is 38.3 Å². The molecule has 1 aliphatic heterocycles. The van der Waals surface area contributed by atoms with Crippen molar-refractivity contribution in [1.29, 1.82) is 0 Å². The number of nitro groups is 1. The van der Waals surface area contributed by atoms with Crippen LogP contribution in [-0.2, 0) is 0 Å². The van der Waals surface area contributed by atoms with Crippen molar-refractivity contribution in [2.75, 3.05) is 26.2 Å². The second-order valence-electron chi connectivity index (χ2n) is 4.42. The summed E-state index contributed by atoms with van der Waals surface area (Å²) >= 11 is 0. The summed E-state index contributed by atoms with van der Waals surface area (Å²) in [6.45, 7) is 3.64. The van der Waals surface area contributed by atoms with Crippen LogP contribution in [0.15, 0.2) is 12.1 Å². The van der Waals surface area contributed by atoms with E-state index < -0.39 is 16.6 Å². The lowest BCUT2D eigenvalue weighted by Gasteiger charge is -2.27. The number of non-ortho nitro benzene ring substituents is 1. The molecule has 0 unspecified atom stereocenters. The average molecular weight is 267 g/mol. The molecule has 2 rings (SSSR count). The van der Waals surface area contributed by atoms with E-state index in [1.807, 2.05) is 0 Å². The van der Waals surface area contributed by atoms with E-state index in [2.05, 4.69) is 5.32 Å². The van der Waals surface area contributed by atoms with Gasteiger partial charge >= 0.3 is 0 Å². The molecule has 0 atom stereocenters. The number of carbonyl (C=O) groups excluding carboxylic acids is 1. The molecule has 102 valence electrons. The van der Waals surface area contributed by atoms with E-state index in [4.69, 9.17) is 0 Å². The Hall–Kier alpha value is -2.02. The van der Waals surface area contributed by atoms with Gasteiger partial charge in [0.05, 0.1) is 10.5 Å². The van der Waals surface area contributed by atoms with Crippen molar-refractivity contribution in [3.05, 3.63) is 39.2 Å². The summed E-state index contributed by atoms with van der Waals surface area (Å²) in [5, 5.41) is 13.8. The fourth-order valence-corrected chi connectivity index (χ4v) is 2.05. The minimum atomic E-state index is -0.686. The van der Waals surface area contributed by atoms with Crippen LogP contribution in [0.25, 0.3) is 0 Å². The smallest absolute Gasteiger partial charge is 0.270 e. The summed E-state index contributed by atoms with van der Waals surface area (Å²) in [4.78, 5) is 23.8. The summed E-state index contributed by atoms with van der Waals surface area (Å²) in [6.07, 6.45) is 0. The number of rotatable bonds is 2. The van der Waals surface area contributed by atoms with Crippen molar-refractivity contribution >= 4 is 11.6 Å². The third-order valence-electron chi connectivity index (χ3n) is 3.08. The normalized spacial score (nSPS) is 15.4. The highest BCUT2D eigenvalue weighted by Crippen LogP contribution is 2.22. The molecule has 0 aliphatic carbocycles. The largest absolute Gasteiger partial charge is 0.336 e. The van der Waals surface area contributed by atoms with Crippen LogP contribution in [0.5, 0.6) is 0 Å². The van der Waals surface area contributed by atoms with Crippen molar-refractivity contribution in [2.24, 2.45) is 0 Å². The third kappa shape index (κ3) is 2.70. The molecule has 1 aromatic rings. The number of nitrogens with one attached hydrogen (secondary N) is 1. The molecule has 1 fully saturated rings. The molecular weight excluding hydrogens is 253 g/mol. The van der Waals surface area contributed by atoms with E-state index in [0.29, 0.717) is 26.2 Å². The van der Waals surface area contributed by atoms with Crippen molar-refractivity contribution in [1.82, 2.24) is 10.2 Å². The van der Waals surface area contributed by atoms with E-state index in [9.17, 15) is 19.3 Å². The molecule has 1 aliphatic rings. The van der Waals surface area contributed by atoms with E-state index in [0.717, 1.165) is 12.1 Å². The van der Waals surface area contributed by atoms with Crippen molar-refractivity contribution in [3.8, 4) is 0 Å². The first-order chi connectivity index (χ1) is 9.00. The number of nitrogens with zero attached hydrogens (tertiary/aromatic N) is 2. The Bertz CT molecular complexity index is 527. The first kappa shape index (κ1) is 13.4. The van der Waals surface area contributed by atoms with Gasteiger partial charge in [0.2, 0.25) is 0 Å². The number of hydrogen-bond acceptors (Lipinski definition) is 4. The zero-order chi connectivity index (χ0) is 14.0. The molecule has 19 heavy (non-hydrogen) atoms. The van der Waals surface area contributed by atoms with Crippen LogP contribution in [0.3, 0.4) is 0 Å². The number of benzene rings is 1. The van der Waals surface area contributed by atoms with Gasteiger partial charge in [-0.3, -0.25) is 14.9 Å². The summed E-state index contributed by atoms with van der Waals surface area (Å²) < 4.78 is 14.0. The van der Waals surface area contributed by atoms with Gasteiger partial charge in [0.25, 0.3) is 11.6 Å². The Balaban J connectivity index is 2.37. The summed E-state index contributed by atoms with van der Waals surface area (Å²) in [6, 6.07) is 2.14. The van der Waals surface area contributed by atoms with Gasteiger partial charge in [-0.1, -0.05) is 0 Å². The third-order valence-corrected chi connectivity index (χ3v) is 3.08. The molecule has 1 amide bonds. The van der Waals surface area contributed by atoms with Gasteiger partial charge in [-0.2, -0.15) is 0 Å². The van der Waals surface area contributed by atoms with Crippen LogP contribution in [0.1, 0.15) is 15.9 Å². The zero-order valence-electron chi connectivity index (χ0n) is 10.5. The summed E-state index contributed by atoms with van der Waals surface area (Å²) in [5.41, 5.74) is -0.390. The van der Waals surface area contributed by atoms with E-state index in [1.165, 1.54) is 11.8 Å². The van der Waals surface area contributed by atoms with E-state index in [-0.39, 0.29) is 16.8 Å². The summed E-state index contributed by atoms with van der Waals surface area (Å²) in [7, 11) is 0. The van der Waals surface area contributed by atoms with Crippen molar-refractivity contribution in [2.45, 2.75) is 6.92 Å². The SMILES string of the molecule is Cc1cc([N+](=O)[O-])cc(C(=O)N2CCNCC2)c1F. The Morgan fingerprint density at radius 3 is 2.63 bits per heavy atom. The van der Waals surface area contributed by atoms with Crippen LogP contribution in [0.4, 0.5) is 10.1 Å². The van der Waals surface area contributed by atoms with Gasteiger partial charge < -0.3 is 10.2 Å². The standard InChI is InChI=1S/C12H14FN3O3/c1-8-6-9(16(18)19)7-10(11(8)13)12(17)15-4-2-14-3-5-15/h6-7,14H,2-5H2,1H3. The maximum Gasteiger partial charge on any atom is 0.270 e. The Morgan fingerprint density at radius 2 is 2.05 bits per heavy atom. The molecule has 0 radical (unpaired) electrons. The highest BCUT2D eigenvalue weighted by molar-refractivity contribution is 5.95. The molecule has 1 N–H and O–H groups in total. The zero-order valence-corrected chi connectivity index (χ0v) is 10.5. The predicted octanol–water partition coefficient (Wildman–Crippen LogP) is 1.09. The van der Waals surface area contributed by atoms with Crippen LogP contribution in [-0.4, -0.2) is 41.9 Å². The predicted molar refractivity (Wildman–Crippen MR) is 66.6 cm³/mol. The second kappa shape index (κ2) is 5.31. The van der Waals surface area contributed by atoms with Crippen molar-refractivity contribution in [3.63, 3.8) is 0 Å². The minimum absolute atomic E-state index is 0.104. The van der Waals surface area contributed by atoms with Crippen LogP contribution in [0.2, 0.25) is 0 Å². The van der Waals surface area contributed by atoms with Crippen LogP contribution < -0.4 is 5.32 Å². The lowest BCUT2D eigenvalue weighted by Crippen LogP contribution is -2.46. The number of aryl methyl sites for hydroxylation is 1. The number of hydrogen-bond donors (Lipinski definition) is 1. The lowest BCUT2D eigenvalue weighted by atomic mass is 10.1. The van der Waals surface area contributed by atoms with Gasteiger partial charge in [0.1, 0.15) is 5.82 Å². The topological polar surface area (TPSA) is 75.5 Å². The molecule has 1 heterocycles. The van der Waals surface area contributed by atoms with Crippen LogP contribution in [0, 0.1) is 22.9 Å². The second-order valence-corrected chi connectivity index (χ2v) is 4.42. The van der Waals surface area contributed by atoms with Gasteiger partial charge in [-0.25, -0.2) is 4.39 Å². The van der Waals surface area contributed by atoms with Gasteiger partial charge in [-0.05, 0) is 12.5 Å². The Kier molecular flexibility index (Phi) is 3.75. The van der Waals surface area contributed by atoms with Gasteiger partial charge in [-0.15, -0.1) is 0 Å². The lowest BCUT2D eigenvalue weighted by molar-refractivity contribution is -0.385. The number of piperazine rings is 1. The average Bonchev–Trinajstić information content (AvgIpc) is 2.41. The summed E-state index contributed by atoms with van der Waals surface area (Å²) in [5.74, 6) is -1.18. The maximum atomic E-state index is 14.0. The molecule has 0 spiro atoms. The number of amides is 1. The molecule has 7 heteroatoms. The molecule has 0 aromatic heterocycles. The fourth-order valence-electron chi connectivity index (χ4n) is 2.05. The number of halogens is 1. The van der Waals surface area contributed by atoms with E-state index in [1.54, 1.807) is 0 Å². The number of carbonyl (C=O) groups is 1. The Labute approximate surface area is 109 Å². The molecule has 1 aromatic carbocycles. The molecule has 6 nitrogen and oxygen atoms in total. The van der Waals surface area contributed by atoms with Gasteiger partial charge in [0.15, 0.2) is 0 Å². The van der Waals surface area contributed by atoms with Crippen LogP contribution >= 0.6 is 0 Å². The first-order valence-electron chi connectivity index (χ1n) is 5.95. The highest BCUT2D eigenvalue weighted by Gasteiger charge is 2.24. The first-order valence-corrected chi connectivity index (χ1v) is 5.95. The quantitative estimate of drug-likeness (QED) is 0.643. The fraction of sp³-hybridized carbons (Fsp3) is 0.417. The molecule has 0 saturated carbocycles.